The van der Waals surface area contributed by atoms with E-state index in [9.17, 15) is 4.79 Å². The van der Waals surface area contributed by atoms with E-state index in [1.165, 1.54) is 5.56 Å². The summed E-state index contributed by atoms with van der Waals surface area (Å²) in [5, 5.41) is 0. The third-order valence-corrected chi connectivity index (χ3v) is 4.36. The molecule has 1 saturated heterocycles. The van der Waals surface area contributed by atoms with Crippen LogP contribution in [0.15, 0.2) is 60.7 Å². The van der Waals surface area contributed by atoms with Gasteiger partial charge >= 0.3 is 0 Å². The van der Waals surface area contributed by atoms with Crippen LogP contribution < -0.4 is 4.74 Å². The summed E-state index contributed by atoms with van der Waals surface area (Å²) in [6, 6.07) is 18.4. The van der Waals surface area contributed by atoms with E-state index in [-0.39, 0.29) is 5.91 Å². The first kappa shape index (κ1) is 16.3. The van der Waals surface area contributed by atoms with Crippen molar-refractivity contribution in [1.82, 2.24) is 4.90 Å². The molecule has 24 heavy (non-hydrogen) atoms. The van der Waals surface area contributed by atoms with Crippen molar-refractivity contribution in [1.29, 1.82) is 0 Å². The number of rotatable bonds is 6. The Morgan fingerprint density at radius 2 is 1.88 bits per heavy atom. The average Bonchev–Trinajstić information content (AvgIpc) is 3.05. The second-order valence-electron chi connectivity index (χ2n) is 5.99. The minimum Gasteiger partial charge on any atom is -0.497 e. The molecule has 2 aromatic carbocycles. The second-order valence-corrected chi connectivity index (χ2v) is 5.99. The third kappa shape index (κ3) is 3.85. The van der Waals surface area contributed by atoms with E-state index in [4.69, 9.17) is 4.74 Å². The van der Waals surface area contributed by atoms with Gasteiger partial charge in [-0.2, -0.15) is 0 Å². The highest BCUT2D eigenvalue weighted by Gasteiger charge is 2.24. The summed E-state index contributed by atoms with van der Waals surface area (Å²) < 4.78 is 5.23. The summed E-state index contributed by atoms with van der Waals surface area (Å²) in [6.07, 6.45) is 5.66. The number of nitrogens with zero attached hydrogens (tertiary/aromatic N) is 1. The molecule has 0 bridgehead atoms. The van der Waals surface area contributed by atoms with E-state index < -0.39 is 0 Å². The molecule has 1 aliphatic rings. The van der Waals surface area contributed by atoms with Gasteiger partial charge in [-0.1, -0.05) is 36.4 Å². The van der Waals surface area contributed by atoms with Gasteiger partial charge in [-0.3, -0.25) is 4.79 Å². The molecule has 0 atom stereocenters. The Bertz CT molecular complexity index is 704. The first-order chi connectivity index (χ1) is 11.8. The quantitative estimate of drug-likeness (QED) is 0.794. The topological polar surface area (TPSA) is 29.5 Å². The Labute approximate surface area is 143 Å². The molecule has 124 valence electrons. The van der Waals surface area contributed by atoms with E-state index >= 15 is 0 Å². The van der Waals surface area contributed by atoms with Crippen LogP contribution in [0, 0.1) is 0 Å². The fraction of sp³-hybridized carbons (Fsp3) is 0.286. The highest BCUT2D eigenvalue weighted by Crippen LogP contribution is 2.27. The van der Waals surface area contributed by atoms with Gasteiger partial charge in [-0.25, -0.2) is 0 Å². The van der Waals surface area contributed by atoms with Crippen LogP contribution in [0.4, 0.5) is 0 Å². The van der Waals surface area contributed by atoms with Crippen molar-refractivity contribution in [2.24, 2.45) is 0 Å². The number of carbonyl (C=O) groups excluding carboxylic acids is 1. The fourth-order valence-electron chi connectivity index (χ4n) is 3.07. The second kappa shape index (κ2) is 7.82. The maximum Gasteiger partial charge on any atom is 0.227 e. The van der Waals surface area contributed by atoms with E-state index in [2.05, 4.69) is 30.3 Å². The molecule has 2 aromatic rings. The van der Waals surface area contributed by atoms with Crippen molar-refractivity contribution in [3.05, 3.63) is 71.8 Å². The largest absolute Gasteiger partial charge is 0.497 e. The summed E-state index contributed by atoms with van der Waals surface area (Å²) in [4.78, 5) is 14.1. The molecule has 1 fully saturated rings. The maximum atomic E-state index is 12.2. The average molecular weight is 321 g/mol. The van der Waals surface area contributed by atoms with Crippen LogP contribution in [0.3, 0.4) is 0 Å². The van der Waals surface area contributed by atoms with Crippen LogP contribution in [0.2, 0.25) is 0 Å². The Kier molecular flexibility index (Phi) is 5.32. The predicted octanol–water partition coefficient (Wildman–Crippen LogP) is 4.29. The number of ether oxygens (including phenoxy) is 1. The number of hydrogen-bond acceptors (Lipinski definition) is 2. The van der Waals surface area contributed by atoms with Gasteiger partial charge in [0.1, 0.15) is 5.75 Å². The number of benzene rings is 2. The van der Waals surface area contributed by atoms with Gasteiger partial charge in [-0.15, -0.1) is 0 Å². The molecule has 0 saturated carbocycles. The molecule has 3 nitrogen and oxygen atoms in total. The van der Waals surface area contributed by atoms with Crippen LogP contribution in [-0.4, -0.2) is 24.5 Å². The summed E-state index contributed by atoms with van der Waals surface area (Å²) in [6.45, 7) is 0.808. The van der Waals surface area contributed by atoms with Gasteiger partial charge in [0.25, 0.3) is 0 Å². The maximum absolute atomic E-state index is 12.2. The Morgan fingerprint density at radius 1 is 1.12 bits per heavy atom. The van der Waals surface area contributed by atoms with Crippen molar-refractivity contribution in [2.75, 3.05) is 13.7 Å². The first-order valence-corrected chi connectivity index (χ1v) is 8.47. The minimum absolute atomic E-state index is 0.219. The molecule has 0 radical (unpaired) electrons. The van der Waals surface area contributed by atoms with Gasteiger partial charge in [-0.05, 0) is 54.7 Å². The van der Waals surface area contributed by atoms with E-state index in [0.717, 1.165) is 42.8 Å². The number of carbonyl (C=O) groups is 1. The van der Waals surface area contributed by atoms with Crippen LogP contribution in [-0.2, 0) is 11.2 Å². The van der Waals surface area contributed by atoms with Crippen molar-refractivity contribution in [2.45, 2.75) is 25.7 Å². The number of hydrogen-bond donors (Lipinski definition) is 0. The SMILES string of the molecule is COc1ccc(/C(=C/CCc2ccccc2)N2CCCC2=O)cc1. The summed E-state index contributed by atoms with van der Waals surface area (Å²) >= 11 is 0. The van der Waals surface area contributed by atoms with E-state index in [0.29, 0.717) is 6.42 Å². The third-order valence-electron chi connectivity index (χ3n) is 4.36. The number of aryl methyl sites for hydroxylation is 1. The standard InChI is InChI=1S/C21H23NO2/c1-24-19-14-12-18(13-15-19)20(22-16-6-11-21(22)23)10-5-9-17-7-3-2-4-8-17/h2-4,7-8,10,12-15H,5-6,9,11,16H2,1H3/b20-10-. The number of amides is 1. The van der Waals surface area contributed by atoms with Crippen molar-refractivity contribution in [3.63, 3.8) is 0 Å². The zero-order chi connectivity index (χ0) is 16.8. The number of allylic oxidation sites excluding steroid dienone is 1. The van der Waals surface area contributed by atoms with Gasteiger partial charge in [0, 0.05) is 18.7 Å². The first-order valence-electron chi connectivity index (χ1n) is 8.47. The van der Waals surface area contributed by atoms with Crippen LogP contribution in [0.25, 0.3) is 5.70 Å². The van der Waals surface area contributed by atoms with Gasteiger partial charge in [0.15, 0.2) is 0 Å². The molecule has 3 heteroatoms. The molecule has 0 aromatic heterocycles. The van der Waals surface area contributed by atoms with Crippen molar-refractivity contribution >= 4 is 11.6 Å². The Morgan fingerprint density at radius 3 is 2.50 bits per heavy atom. The van der Waals surface area contributed by atoms with Crippen LogP contribution >= 0.6 is 0 Å². The van der Waals surface area contributed by atoms with Crippen molar-refractivity contribution in [3.8, 4) is 5.75 Å². The molecular formula is C21H23NO2. The molecule has 0 N–H and O–H groups in total. The molecule has 0 unspecified atom stereocenters. The summed E-state index contributed by atoms with van der Waals surface area (Å²) in [7, 11) is 1.66. The smallest absolute Gasteiger partial charge is 0.227 e. The lowest BCUT2D eigenvalue weighted by molar-refractivity contribution is -0.124. The summed E-state index contributed by atoms with van der Waals surface area (Å²) in [5.41, 5.74) is 3.41. The number of methoxy groups -OCH3 is 1. The molecule has 1 heterocycles. The molecule has 3 rings (SSSR count). The van der Waals surface area contributed by atoms with E-state index in [1.54, 1.807) is 7.11 Å². The highest BCUT2D eigenvalue weighted by atomic mass is 16.5. The number of likely N-dealkylation sites (tertiary alicyclic amines) is 1. The fourth-order valence-corrected chi connectivity index (χ4v) is 3.07. The Balaban J connectivity index is 1.80. The lowest BCUT2D eigenvalue weighted by atomic mass is 10.1. The molecule has 0 spiro atoms. The Hall–Kier alpha value is -2.55. The minimum atomic E-state index is 0.219. The normalized spacial score (nSPS) is 15.0. The lowest BCUT2D eigenvalue weighted by Gasteiger charge is -2.20. The lowest BCUT2D eigenvalue weighted by Crippen LogP contribution is -2.23. The van der Waals surface area contributed by atoms with Gasteiger partial charge in [0.05, 0.1) is 7.11 Å². The zero-order valence-corrected chi connectivity index (χ0v) is 14.1. The van der Waals surface area contributed by atoms with Gasteiger partial charge < -0.3 is 9.64 Å². The van der Waals surface area contributed by atoms with Crippen LogP contribution in [0.1, 0.15) is 30.4 Å². The molecule has 1 amide bonds. The zero-order valence-electron chi connectivity index (χ0n) is 14.1. The molecule has 0 aliphatic carbocycles. The molecular weight excluding hydrogens is 298 g/mol. The van der Waals surface area contributed by atoms with E-state index in [1.807, 2.05) is 35.2 Å². The molecule has 1 aliphatic heterocycles. The van der Waals surface area contributed by atoms with Crippen LogP contribution in [0.5, 0.6) is 5.75 Å². The summed E-state index contributed by atoms with van der Waals surface area (Å²) in [5.74, 6) is 1.05. The predicted molar refractivity (Wildman–Crippen MR) is 96.7 cm³/mol. The van der Waals surface area contributed by atoms with Crippen molar-refractivity contribution < 1.29 is 9.53 Å². The highest BCUT2D eigenvalue weighted by molar-refractivity contribution is 5.88. The monoisotopic (exact) mass is 321 g/mol. The van der Waals surface area contributed by atoms with Gasteiger partial charge in [0.2, 0.25) is 5.91 Å².